The van der Waals surface area contributed by atoms with E-state index in [9.17, 15) is 4.79 Å². The Bertz CT molecular complexity index is 628. The summed E-state index contributed by atoms with van der Waals surface area (Å²) in [5.74, 6) is 0. The van der Waals surface area contributed by atoms with Crippen LogP contribution in [0.5, 0.6) is 0 Å². The van der Waals surface area contributed by atoms with Crippen LogP contribution in [0.2, 0.25) is 0 Å². The van der Waals surface area contributed by atoms with Crippen LogP contribution in [0.4, 0.5) is 5.69 Å². The molecule has 0 aromatic carbocycles. The summed E-state index contributed by atoms with van der Waals surface area (Å²) < 4.78 is 1.62. The Labute approximate surface area is 105 Å². The van der Waals surface area contributed by atoms with Crippen LogP contribution in [0, 0.1) is 6.92 Å². The Kier molecular flexibility index (Phi) is 2.76. The minimum absolute atomic E-state index is 0.0190. The molecular formula is C13H16N4O. The molecule has 0 unspecified atom stereocenters. The molecule has 0 radical (unpaired) electrons. The average molecular weight is 244 g/mol. The van der Waals surface area contributed by atoms with Gasteiger partial charge in [0, 0.05) is 44.1 Å². The quantitative estimate of drug-likeness (QED) is 0.789. The summed E-state index contributed by atoms with van der Waals surface area (Å²) >= 11 is 0. The standard InChI is InChI=1S/C13H16N4O/c1-10-8-13(18)17-9-11(2-3-12(17)15-10)16-6-4-14-5-7-16/h2-3,8-9,14H,4-7H2,1H3. The van der Waals surface area contributed by atoms with Crippen LogP contribution < -0.4 is 15.8 Å². The smallest absolute Gasteiger partial charge is 0.258 e. The van der Waals surface area contributed by atoms with Gasteiger partial charge in [0.2, 0.25) is 0 Å². The molecule has 5 nitrogen and oxygen atoms in total. The first-order valence-electron chi connectivity index (χ1n) is 6.20. The highest BCUT2D eigenvalue weighted by Gasteiger charge is 2.11. The fraction of sp³-hybridized carbons (Fsp3) is 0.385. The van der Waals surface area contributed by atoms with Crippen molar-refractivity contribution in [2.24, 2.45) is 0 Å². The molecule has 0 atom stereocenters. The van der Waals surface area contributed by atoms with Gasteiger partial charge in [0.1, 0.15) is 5.65 Å². The zero-order chi connectivity index (χ0) is 12.5. The molecule has 0 amide bonds. The maximum Gasteiger partial charge on any atom is 0.258 e. The molecule has 0 spiro atoms. The number of fused-ring (bicyclic) bond motifs is 1. The fourth-order valence-electron chi connectivity index (χ4n) is 2.32. The first-order valence-corrected chi connectivity index (χ1v) is 6.20. The summed E-state index contributed by atoms with van der Waals surface area (Å²) in [6.07, 6.45) is 1.88. The van der Waals surface area contributed by atoms with Crippen molar-refractivity contribution < 1.29 is 0 Å². The van der Waals surface area contributed by atoms with Crippen molar-refractivity contribution >= 4 is 11.3 Å². The molecule has 2 aromatic heterocycles. The van der Waals surface area contributed by atoms with Crippen molar-refractivity contribution in [1.29, 1.82) is 0 Å². The second kappa shape index (κ2) is 4.42. The van der Waals surface area contributed by atoms with E-state index in [2.05, 4.69) is 15.2 Å². The number of hydrogen-bond acceptors (Lipinski definition) is 4. The van der Waals surface area contributed by atoms with Gasteiger partial charge in [0.15, 0.2) is 0 Å². The van der Waals surface area contributed by atoms with Crippen LogP contribution in [-0.4, -0.2) is 35.6 Å². The predicted molar refractivity (Wildman–Crippen MR) is 71.3 cm³/mol. The lowest BCUT2D eigenvalue weighted by atomic mass is 10.3. The Hall–Kier alpha value is -1.88. The van der Waals surface area contributed by atoms with Gasteiger partial charge in [-0.25, -0.2) is 4.98 Å². The van der Waals surface area contributed by atoms with E-state index in [1.54, 1.807) is 10.5 Å². The molecule has 18 heavy (non-hydrogen) atoms. The molecule has 3 heterocycles. The van der Waals surface area contributed by atoms with Gasteiger partial charge in [-0.2, -0.15) is 0 Å². The third-order valence-corrected chi connectivity index (χ3v) is 3.25. The van der Waals surface area contributed by atoms with Gasteiger partial charge >= 0.3 is 0 Å². The number of anilines is 1. The highest BCUT2D eigenvalue weighted by molar-refractivity contribution is 5.52. The summed E-state index contributed by atoms with van der Waals surface area (Å²) in [7, 11) is 0. The third kappa shape index (κ3) is 1.97. The lowest BCUT2D eigenvalue weighted by molar-refractivity contribution is 0.588. The number of aromatic nitrogens is 2. The van der Waals surface area contributed by atoms with Gasteiger partial charge in [-0.15, -0.1) is 0 Å². The van der Waals surface area contributed by atoms with E-state index in [0.717, 1.165) is 37.6 Å². The highest BCUT2D eigenvalue weighted by Crippen LogP contribution is 2.14. The van der Waals surface area contributed by atoms with Crippen LogP contribution in [0.1, 0.15) is 5.69 Å². The first kappa shape index (κ1) is 11.2. The van der Waals surface area contributed by atoms with Crippen LogP contribution in [0.15, 0.2) is 29.2 Å². The molecule has 0 aliphatic carbocycles. The number of hydrogen-bond donors (Lipinski definition) is 1. The zero-order valence-corrected chi connectivity index (χ0v) is 10.4. The fourth-order valence-corrected chi connectivity index (χ4v) is 2.32. The maximum absolute atomic E-state index is 11.9. The Morgan fingerprint density at radius 3 is 2.83 bits per heavy atom. The summed E-state index contributed by atoms with van der Waals surface area (Å²) in [4.78, 5) is 18.6. The molecule has 0 saturated carbocycles. The number of nitrogens with zero attached hydrogens (tertiary/aromatic N) is 3. The number of rotatable bonds is 1. The molecule has 1 aliphatic rings. The summed E-state index contributed by atoms with van der Waals surface area (Å²) in [5.41, 5.74) is 2.53. The van der Waals surface area contributed by atoms with E-state index in [4.69, 9.17) is 0 Å². The summed E-state index contributed by atoms with van der Waals surface area (Å²) in [6, 6.07) is 5.51. The number of piperazine rings is 1. The van der Waals surface area contributed by atoms with Crippen molar-refractivity contribution in [3.05, 3.63) is 40.4 Å². The second-order valence-electron chi connectivity index (χ2n) is 4.59. The van der Waals surface area contributed by atoms with Gasteiger partial charge in [0.25, 0.3) is 5.56 Å². The number of nitrogens with one attached hydrogen (secondary N) is 1. The molecular weight excluding hydrogens is 228 g/mol. The molecule has 1 saturated heterocycles. The Morgan fingerprint density at radius 2 is 2.06 bits per heavy atom. The van der Waals surface area contributed by atoms with E-state index in [1.807, 2.05) is 25.3 Å². The van der Waals surface area contributed by atoms with Crippen molar-refractivity contribution in [2.75, 3.05) is 31.1 Å². The van der Waals surface area contributed by atoms with Crippen molar-refractivity contribution in [1.82, 2.24) is 14.7 Å². The van der Waals surface area contributed by atoms with Crippen molar-refractivity contribution in [3.8, 4) is 0 Å². The molecule has 3 rings (SSSR count). The summed E-state index contributed by atoms with van der Waals surface area (Å²) in [5, 5.41) is 3.32. The average Bonchev–Trinajstić information content (AvgIpc) is 2.39. The van der Waals surface area contributed by atoms with E-state index in [1.165, 1.54) is 0 Å². The van der Waals surface area contributed by atoms with Gasteiger partial charge in [-0.05, 0) is 19.1 Å². The van der Waals surface area contributed by atoms with Gasteiger partial charge < -0.3 is 10.2 Å². The zero-order valence-electron chi connectivity index (χ0n) is 10.4. The van der Waals surface area contributed by atoms with E-state index in [0.29, 0.717) is 5.65 Å². The normalized spacial score (nSPS) is 16.2. The number of pyridine rings is 1. The van der Waals surface area contributed by atoms with Crippen molar-refractivity contribution in [2.45, 2.75) is 6.92 Å². The van der Waals surface area contributed by atoms with Gasteiger partial charge in [0.05, 0.1) is 5.69 Å². The topological polar surface area (TPSA) is 49.6 Å². The van der Waals surface area contributed by atoms with Crippen LogP contribution in [0.25, 0.3) is 5.65 Å². The SMILES string of the molecule is Cc1cc(=O)n2cc(N3CCNCC3)ccc2n1. The number of aryl methyl sites for hydroxylation is 1. The summed E-state index contributed by atoms with van der Waals surface area (Å²) in [6.45, 7) is 5.75. The Morgan fingerprint density at radius 1 is 1.28 bits per heavy atom. The lowest BCUT2D eigenvalue weighted by Crippen LogP contribution is -2.43. The minimum Gasteiger partial charge on any atom is -0.368 e. The van der Waals surface area contributed by atoms with E-state index >= 15 is 0 Å². The van der Waals surface area contributed by atoms with E-state index < -0.39 is 0 Å². The molecule has 94 valence electrons. The van der Waals surface area contributed by atoms with Gasteiger partial charge in [-0.1, -0.05) is 0 Å². The van der Waals surface area contributed by atoms with E-state index in [-0.39, 0.29) is 5.56 Å². The van der Waals surface area contributed by atoms with Crippen molar-refractivity contribution in [3.63, 3.8) is 0 Å². The Balaban J connectivity index is 2.07. The lowest BCUT2D eigenvalue weighted by Gasteiger charge is -2.29. The van der Waals surface area contributed by atoms with Crippen LogP contribution in [0.3, 0.4) is 0 Å². The predicted octanol–water partition coefficient (Wildman–Crippen LogP) is 0.413. The van der Waals surface area contributed by atoms with Crippen LogP contribution >= 0.6 is 0 Å². The largest absolute Gasteiger partial charge is 0.368 e. The van der Waals surface area contributed by atoms with Crippen LogP contribution in [-0.2, 0) is 0 Å². The minimum atomic E-state index is -0.0190. The molecule has 2 aromatic rings. The monoisotopic (exact) mass is 244 g/mol. The molecule has 1 aliphatic heterocycles. The molecule has 0 bridgehead atoms. The third-order valence-electron chi connectivity index (χ3n) is 3.25. The molecule has 1 fully saturated rings. The molecule has 5 heteroatoms. The molecule has 1 N–H and O–H groups in total. The maximum atomic E-state index is 11.9. The second-order valence-corrected chi connectivity index (χ2v) is 4.59. The first-order chi connectivity index (χ1) is 8.74. The van der Waals surface area contributed by atoms with Gasteiger partial charge in [-0.3, -0.25) is 9.20 Å². The highest BCUT2D eigenvalue weighted by atomic mass is 16.1.